The van der Waals surface area contributed by atoms with Gasteiger partial charge in [-0.25, -0.2) is 0 Å². The molecule has 0 unspecified atom stereocenters. The lowest BCUT2D eigenvalue weighted by molar-refractivity contribution is -0.122. The first kappa shape index (κ1) is 20.1. The van der Waals surface area contributed by atoms with Gasteiger partial charge >= 0.3 is 0 Å². The Balaban J connectivity index is 1.84. The quantitative estimate of drug-likeness (QED) is 0.662. The summed E-state index contributed by atoms with van der Waals surface area (Å²) in [5, 5.41) is 13.3. The number of benzene rings is 1. The second-order valence-electron chi connectivity index (χ2n) is 7.51. The second-order valence-corrected chi connectivity index (χ2v) is 7.51. The van der Waals surface area contributed by atoms with Crippen molar-refractivity contribution in [2.45, 2.75) is 51.0 Å². The Morgan fingerprint density at radius 1 is 1.14 bits per heavy atom. The Labute approximate surface area is 163 Å². The lowest BCUT2D eigenvalue weighted by atomic mass is 9.96. The molecule has 1 aromatic heterocycles. The molecule has 2 aromatic rings. The molecule has 0 saturated heterocycles. The van der Waals surface area contributed by atoms with Crippen LogP contribution in [0.2, 0.25) is 0 Å². The van der Waals surface area contributed by atoms with Crippen LogP contribution in [0.15, 0.2) is 35.3 Å². The Kier molecular flexibility index (Phi) is 6.46. The summed E-state index contributed by atoms with van der Waals surface area (Å²) in [5.74, 6) is -0.415. The molecule has 0 bridgehead atoms. The summed E-state index contributed by atoms with van der Waals surface area (Å²) in [6.45, 7) is -0.557. The molecule has 1 saturated carbocycles. The van der Waals surface area contributed by atoms with Gasteiger partial charge in [-0.15, -0.1) is 0 Å². The van der Waals surface area contributed by atoms with Crippen LogP contribution in [-0.4, -0.2) is 28.1 Å². The molecule has 2 amide bonds. The van der Waals surface area contributed by atoms with Gasteiger partial charge in [-0.2, -0.15) is 0 Å². The van der Waals surface area contributed by atoms with Crippen molar-refractivity contribution in [2.75, 3.05) is 11.9 Å². The first-order valence-electron chi connectivity index (χ1n) is 9.85. The van der Waals surface area contributed by atoms with Gasteiger partial charge in [0.25, 0.3) is 5.56 Å². The van der Waals surface area contributed by atoms with Crippen LogP contribution >= 0.6 is 0 Å². The first-order valence-corrected chi connectivity index (χ1v) is 9.85. The Morgan fingerprint density at radius 3 is 2.50 bits per heavy atom. The van der Waals surface area contributed by atoms with Gasteiger partial charge < -0.3 is 20.7 Å². The van der Waals surface area contributed by atoms with Crippen molar-refractivity contribution >= 4 is 28.3 Å². The van der Waals surface area contributed by atoms with Gasteiger partial charge in [0, 0.05) is 29.1 Å². The van der Waals surface area contributed by atoms with Crippen molar-refractivity contribution in [3.05, 3.63) is 40.8 Å². The molecular formula is C21H27N3O4. The van der Waals surface area contributed by atoms with Crippen LogP contribution in [0.1, 0.15) is 51.0 Å². The highest BCUT2D eigenvalue weighted by molar-refractivity contribution is 6.01. The van der Waals surface area contributed by atoms with Gasteiger partial charge in [0.2, 0.25) is 11.8 Å². The fraction of sp³-hybridized carbons (Fsp3) is 0.476. The van der Waals surface area contributed by atoms with Gasteiger partial charge in [-0.3, -0.25) is 14.4 Å². The third kappa shape index (κ3) is 4.42. The fourth-order valence-corrected chi connectivity index (χ4v) is 3.99. The highest BCUT2D eigenvalue weighted by Gasteiger charge is 2.20. The number of amides is 2. The summed E-state index contributed by atoms with van der Waals surface area (Å²) in [7, 11) is 0. The van der Waals surface area contributed by atoms with Gasteiger partial charge in [-0.05, 0) is 37.0 Å². The SMILES string of the molecule is NC(=O)[C@H](CO)n1ccc2c(NC(=O)CC3CCCCCC3)cccc2c1=O. The van der Waals surface area contributed by atoms with E-state index in [4.69, 9.17) is 5.73 Å². The molecule has 4 N–H and O–H groups in total. The molecule has 0 aliphatic heterocycles. The van der Waals surface area contributed by atoms with Crippen molar-refractivity contribution in [1.82, 2.24) is 4.57 Å². The molecule has 28 heavy (non-hydrogen) atoms. The summed E-state index contributed by atoms with van der Waals surface area (Å²) in [6.07, 6.45) is 8.93. The number of rotatable bonds is 6. The third-order valence-electron chi connectivity index (χ3n) is 5.53. The van der Waals surface area contributed by atoms with Crippen molar-refractivity contribution in [1.29, 1.82) is 0 Å². The standard InChI is InChI=1S/C21H27N3O4/c22-20(27)18(13-25)24-11-10-15-16(21(24)28)8-5-9-17(15)23-19(26)12-14-6-3-1-2-4-7-14/h5,8-11,14,18,25H,1-4,6-7,12-13H2,(H2,22,27)(H,23,26)/t18-/m0/s1. The van der Waals surface area contributed by atoms with Crippen molar-refractivity contribution in [2.24, 2.45) is 11.7 Å². The van der Waals surface area contributed by atoms with E-state index in [1.807, 2.05) is 0 Å². The number of pyridine rings is 1. The number of carbonyl (C=O) groups excluding carboxylic acids is 2. The normalized spacial score (nSPS) is 16.5. The molecule has 0 radical (unpaired) electrons. The van der Waals surface area contributed by atoms with Gasteiger partial charge in [0.15, 0.2) is 0 Å². The van der Waals surface area contributed by atoms with E-state index in [1.165, 1.54) is 31.9 Å². The summed E-state index contributed by atoms with van der Waals surface area (Å²) >= 11 is 0. The zero-order valence-electron chi connectivity index (χ0n) is 15.9. The molecule has 3 rings (SSSR count). The Bertz CT molecular complexity index is 913. The number of aliphatic hydroxyl groups is 1. The number of carbonyl (C=O) groups is 2. The van der Waals surface area contributed by atoms with Crippen molar-refractivity contribution in [3.63, 3.8) is 0 Å². The molecular weight excluding hydrogens is 358 g/mol. The summed E-state index contributed by atoms with van der Waals surface area (Å²) in [5.41, 5.74) is 5.41. The maximum atomic E-state index is 12.8. The van der Waals surface area contributed by atoms with E-state index in [2.05, 4.69) is 5.32 Å². The number of fused-ring (bicyclic) bond motifs is 1. The lowest BCUT2D eigenvalue weighted by Gasteiger charge is -2.17. The van der Waals surface area contributed by atoms with Crippen molar-refractivity contribution < 1.29 is 14.7 Å². The maximum absolute atomic E-state index is 12.8. The molecule has 1 aliphatic carbocycles. The molecule has 1 fully saturated rings. The number of hydrogen-bond donors (Lipinski definition) is 3. The lowest BCUT2D eigenvalue weighted by Crippen LogP contribution is -2.35. The predicted octanol–water partition coefficient (Wildman–Crippen LogP) is 2.32. The number of nitrogens with one attached hydrogen (secondary N) is 1. The Morgan fingerprint density at radius 2 is 1.86 bits per heavy atom. The largest absolute Gasteiger partial charge is 0.394 e. The average Bonchev–Trinajstić information content (AvgIpc) is 2.93. The van der Waals surface area contributed by atoms with Crippen LogP contribution in [0, 0.1) is 5.92 Å². The number of aromatic nitrogens is 1. The van der Waals surface area contributed by atoms with E-state index in [0.717, 1.165) is 17.4 Å². The smallest absolute Gasteiger partial charge is 0.259 e. The van der Waals surface area contributed by atoms with Gasteiger partial charge in [0.05, 0.1) is 6.61 Å². The number of aliphatic hydroxyl groups excluding tert-OH is 1. The molecule has 7 heteroatoms. The van der Waals surface area contributed by atoms with E-state index in [-0.39, 0.29) is 5.91 Å². The van der Waals surface area contributed by atoms with E-state index in [1.54, 1.807) is 24.3 Å². The third-order valence-corrected chi connectivity index (χ3v) is 5.53. The van der Waals surface area contributed by atoms with E-state index < -0.39 is 24.1 Å². The van der Waals surface area contributed by atoms with Gasteiger partial charge in [-0.1, -0.05) is 31.7 Å². The molecule has 1 aliphatic rings. The summed E-state index contributed by atoms with van der Waals surface area (Å²) in [6, 6.07) is 5.61. The first-order chi connectivity index (χ1) is 13.5. The van der Waals surface area contributed by atoms with Crippen LogP contribution in [0.25, 0.3) is 10.8 Å². The Hall–Kier alpha value is -2.67. The number of nitrogens with two attached hydrogens (primary N) is 1. The number of hydrogen-bond acceptors (Lipinski definition) is 4. The number of nitrogens with zero attached hydrogens (tertiary/aromatic N) is 1. The van der Waals surface area contributed by atoms with Crippen LogP contribution < -0.4 is 16.6 Å². The van der Waals surface area contributed by atoms with E-state index in [9.17, 15) is 19.5 Å². The highest BCUT2D eigenvalue weighted by atomic mass is 16.3. The van der Waals surface area contributed by atoms with E-state index >= 15 is 0 Å². The minimum Gasteiger partial charge on any atom is -0.394 e. The minimum atomic E-state index is -1.12. The zero-order chi connectivity index (χ0) is 20.1. The highest BCUT2D eigenvalue weighted by Crippen LogP contribution is 2.27. The summed E-state index contributed by atoms with van der Waals surface area (Å²) < 4.78 is 1.13. The van der Waals surface area contributed by atoms with E-state index in [0.29, 0.717) is 28.8 Å². The van der Waals surface area contributed by atoms with Gasteiger partial charge in [0.1, 0.15) is 6.04 Å². The van der Waals surface area contributed by atoms with Crippen LogP contribution in [-0.2, 0) is 9.59 Å². The summed E-state index contributed by atoms with van der Waals surface area (Å²) in [4.78, 5) is 36.8. The van der Waals surface area contributed by atoms with Crippen LogP contribution in [0.4, 0.5) is 5.69 Å². The number of anilines is 1. The topological polar surface area (TPSA) is 114 Å². The fourth-order valence-electron chi connectivity index (χ4n) is 3.99. The second kappa shape index (κ2) is 9.01. The monoisotopic (exact) mass is 385 g/mol. The minimum absolute atomic E-state index is 0.0473. The molecule has 0 spiro atoms. The average molecular weight is 385 g/mol. The zero-order valence-corrected chi connectivity index (χ0v) is 15.9. The van der Waals surface area contributed by atoms with Crippen LogP contribution in [0.3, 0.4) is 0 Å². The van der Waals surface area contributed by atoms with Crippen LogP contribution in [0.5, 0.6) is 0 Å². The predicted molar refractivity (Wildman–Crippen MR) is 108 cm³/mol. The molecule has 1 heterocycles. The molecule has 150 valence electrons. The molecule has 1 atom stereocenters. The maximum Gasteiger partial charge on any atom is 0.259 e. The molecule has 1 aromatic carbocycles. The molecule has 7 nitrogen and oxygen atoms in total. The number of primary amides is 1. The van der Waals surface area contributed by atoms with Crippen molar-refractivity contribution in [3.8, 4) is 0 Å².